The summed E-state index contributed by atoms with van der Waals surface area (Å²) in [5.74, 6) is 0. The number of hydrogen-bond acceptors (Lipinski definition) is 4. The van der Waals surface area contributed by atoms with E-state index in [0.29, 0.717) is 24.1 Å². The van der Waals surface area contributed by atoms with E-state index >= 15 is 0 Å². The third-order valence-electron chi connectivity index (χ3n) is 1.68. The second-order valence-corrected chi connectivity index (χ2v) is 4.07. The molecule has 0 amide bonds. The molecule has 0 atom stereocenters. The summed E-state index contributed by atoms with van der Waals surface area (Å²) in [6, 6.07) is 18.3. The molecule has 2 rings (SSSR count). The van der Waals surface area contributed by atoms with Crippen molar-refractivity contribution in [1.29, 1.82) is 0 Å². The molecular weight excluding hydrogens is 280 g/mol. The van der Waals surface area contributed by atoms with Crippen LogP contribution in [0, 0.1) is 0 Å². The van der Waals surface area contributed by atoms with Crippen molar-refractivity contribution < 1.29 is 9.11 Å². The minimum absolute atomic E-state index is 0. The van der Waals surface area contributed by atoms with Crippen LogP contribution in [0.3, 0.4) is 0 Å². The van der Waals surface area contributed by atoms with Crippen LogP contribution in [-0.2, 0) is 0 Å². The van der Waals surface area contributed by atoms with Crippen molar-refractivity contribution in [3.05, 3.63) is 60.7 Å². The molecule has 0 aliphatic rings. The van der Waals surface area contributed by atoms with Gasteiger partial charge in [0.25, 0.3) is 0 Å². The molecule has 0 saturated carbocycles. The van der Waals surface area contributed by atoms with Gasteiger partial charge in [-0.05, 0) is 34.1 Å². The summed E-state index contributed by atoms with van der Waals surface area (Å²) in [6.07, 6.45) is 0. The maximum atomic E-state index is 10.0. The molecule has 0 heterocycles. The van der Waals surface area contributed by atoms with E-state index in [9.17, 15) is 9.11 Å². The van der Waals surface area contributed by atoms with E-state index in [1.54, 1.807) is 24.3 Å². The van der Waals surface area contributed by atoms with Crippen molar-refractivity contribution in [2.24, 2.45) is 0 Å². The van der Waals surface area contributed by atoms with Gasteiger partial charge in [-0.25, -0.2) is 24.1 Å². The van der Waals surface area contributed by atoms with Crippen molar-refractivity contribution in [1.82, 2.24) is 0 Å². The maximum Gasteiger partial charge on any atom is 2.00 e. The number of benzene rings is 2. The number of hydrogen-bond donors (Lipinski definition) is 0. The molecule has 2 aromatic carbocycles. The second kappa shape index (κ2) is 11.4. The molecule has 84 valence electrons. The molecule has 0 aromatic heterocycles. The van der Waals surface area contributed by atoms with Crippen molar-refractivity contribution in [2.75, 3.05) is 0 Å². The first-order valence-electron chi connectivity index (χ1n) is 4.56. The van der Waals surface area contributed by atoms with Crippen LogP contribution < -0.4 is 0 Å². The third kappa shape index (κ3) is 8.10. The van der Waals surface area contributed by atoms with E-state index in [-0.39, 0.29) is 37.7 Å². The first-order valence-corrected chi connectivity index (χ1v) is 6.05. The predicted octanol–water partition coefficient (Wildman–Crippen LogP) is 3.44. The van der Waals surface area contributed by atoms with Crippen LogP contribution in [0.2, 0.25) is 0 Å². The molecule has 0 aliphatic carbocycles. The molecule has 5 heteroatoms. The second-order valence-electron chi connectivity index (χ2n) is 2.79. The van der Waals surface area contributed by atoms with Gasteiger partial charge in [-0.15, -0.1) is 0 Å². The zero-order valence-corrected chi connectivity index (χ0v) is 13.0. The molecule has 17 heavy (non-hydrogen) atoms. The largest absolute Gasteiger partial charge is 2.00 e. The van der Waals surface area contributed by atoms with Crippen LogP contribution in [0.5, 0.6) is 0 Å². The Morgan fingerprint density at radius 1 is 0.588 bits per heavy atom. The Hall–Kier alpha value is 0.320. The standard InChI is InChI=1S/2C6H6OS.Ca/c2*7-8-6-4-2-1-3-5-6;/h2*1-5,7H;/q;;+2/p-2. The third-order valence-corrected chi connectivity index (χ3v) is 2.61. The first kappa shape index (κ1) is 17.3. The SMILES string of the molecule is [Ca+2].[O-]Sc1ccccc1.[O-]Sc1ccccc1. The van der Waals surface area contributed by atoms with Crippen LogP contribution in [0.25, 0.3) is 0 Å². The van der Waals surface area contributed by atoms with Gasteiger partial charge in [0.2, 0.25) is 0 Å². The molecule has 2 aromatic rings. The molecule has 0 spiro atoms. The summed E-state index contributed by atoms with van der Waals surface area (Å²) in [7, 11) is 0. The minimum Gasteiger partial charge on any atom is -0.795 e. The Morgan fingerprint density at radius 3 is 1.06 bits per heavy atom. The number of rotatable bonds is 2. The van der Waals surface area contributed by atoms with Gasteiger partial charge in [0.05, 0.1) is 0 Å². The summed E-state index contributed by atoms with van der Waals surface area (Å²) >= 11 is 1.04. The molecule has 0 fully saturated rings. The van der Waals surface area contributed by atoms with Gasteiger partial charge >= 0.3 is 37.7 Å². The Morgan fingerprint density at radius 2 is 0.882 bits per heavy atom. The van der Waals surface area contributed by atoms with E-state index < -0.39 is 0 Å². The minimum atomic E-state index is 0. The van der Waals surface area contributed by atoms with Gasteiger partial charge in [-0.2, -0.15) is 0 Å². The summed E-state index contributed by atoms with van der Waals surface area (Å²) in [5.41, 5.74) is 0. The Kier molecular flexibility index (Phi) is 11.6. The zero-order valence-electron chi connectivity index (χ0n) is 9.11. The van der Waals surface area contributed by atoms with Crippen molar-refractivity contribution in [3.63, 3.8) is 0 Å². The molecule has 0 unspecified atom stereocenters. The van der Waals surface area contributed by atoms with Crippen LogP contribution in [0.4, 0.5) is 0 Å². The van der Waals surface area contributed by atoms with E-state index in [2.05, 4.69) is 0 Å². The smallest absolute Gasteiger partial charge is 0.795 e. The predicted molar refractivity (Wildman–Crippen MR) is 71.9 cm³/mol. The van der Waals surface area contributed by atoms with Crippen molar-refractivity contribution in [3.8, 4) is 0 Å². The Labute approximate surface area is 140 Å². The molecule has 0 saturated heterocycles. The van der Waals surface area contributed by atoms with Gasteiger partial charge in [0.15, 0.2) is 0 Å². The summed E-state index contributed by atoms with van der Waals surface area (Å²) in [5, 5.41) is 0. The van der Waals surface area contributed by atoms with Crippen LogP contribution in [-0.4, -0.2) is 46.8 Å². The normalized spacial score (nSPS) is 8.59. The van der Waals surface area contributed by atoms with E-state index in [4.69, 9.17) is 0 Å². The Bertz CT molecular complexity index is 345. The quantitative estimate of drug-likeness (QED) is 0.628. The van der Waals surface area contributed by atoms with Crippen molar-refractivity contribution >= 4 is 61.8 Å². The van der Waals surface area contributed by atoms with Crippen LogP contribution in [0.1, 0.15) is 0 Å². The molecular formula is C12H10CaO2S2. The summed E-state index contributed by atoms with van der Waals surface area (Å²) in [4.78, 5) is 1.54. The fraction of sp³-hybridized carbons (Fsp3) is 0. The maximum absolute atomic E-state index is 10.0. The van der Waals surface area contributed by atoms with Crippen LogP contribution >= 0.6 is 24.1 Å². The molecule has 0 aliphatic heterocycles. The molecule has 0 N–H and O–H groups in total. The van der Waals surface area contributed by atoms with Crippen molar-refractivity contribution in [2.45, 2.75) is 9.79 Å². The van der Waals surface area contributed by atoms with Gasteiger partial charge in [0.1, 0.15) is 0 Å². The van der Waals surface area contributed by atoms with Gasteiger partial charge in [0, 0.05) is 0 Å². The summed E-state index contributed by atoms with van der Waals surface area (Å²) in [6.45, 7) is 0. The Balaban J connectivity index is 0.000000284. The molecule has 2 nitrogen and oxygen atoms in total. The van der Waals surface area contributed by atoms with Crippen LogP contribution in [0.15, 0.2) is 70.5 Å². The van der Waals surface area contributed by atoms with E-state index in [0.717, 1.165) is 9.79 Å². The zero-order chi connectivity index (χ0) is 11.6. The molecule has 0 radical (unpaired) electrons. The average molecular weight is 290 g/mol. The average Bonchev–Trinajstić information content (AvgIpc) is 2.41. The van der Waals surface area contributed by atoms with Gasteiger partial charge in [-0.1, -0.05) is 36.4 Å². The fourth-order valence-corrected chi connectivity index (χ4v) is 1.49. The monoisotopic (exact) mass is 290 g/mol. The van der Waals surface area contributed by atoms with Gasteiger partial charge < -0.3 is 9.11 Å². The first-order chi connectivity index (χ1) is 7.86. The van der Waals surface area contributed by atoms with E-state index in [1.165, 1.54) is 0 Å². The molecule has 0 bridgehead atoms. The van der Waals surface area contributed by atoms with Gasteiger partial charge in [-0.3, -0.25) is 0 Å². The topological polar surface area (TPSA) is 46.1 Å². The summed E-state index contributed by atoms with van der Waals surface area (Å²) < 4.78 is 20.1. The fourth-order valence-electron chi connectivity index (χ4n) is 0.952. The van der Waals surface area contributed by atoms with E-state index in [1.807, 2.05) is 36.4 Å².